The normalized spacial score (nSPS) is 11.3. The van der Waals surface area contributed by atoms with Gasteiger partial charge in [-0.3, -0.25) is 9.67 Å². The molecular formula is C17H22IN5O. The number of aliphatic imine (C=N–C) groups is 1. The number of furan rings is 1. The Morgan fingerprint density at radius 3 is 2.79 bits per heavy atom. The maximum atomic E-state index is 5.81. The molecule has 0 saturated heterocycles. The van der Waals surface area contributed by atoms with Gasteiger partial charge in [-0.25, -0.2) is 0 Å². The first kappa shape index (κ1) is 18.3. The molecule has 128 valence electrons. The van der Waals surface area contributed by atoms with Crippen LogP contribution in [0.25, 0.3) is 11.0 Å². The van der Waals surface area contributed by atoms with E-state index < -0.39 is 0 Å². The summed E-state index contributed by atoms with van der Waals surface area (Å²) in [7, 11) is 3.69. The van der Waals surface area contributed by atoms with Crippen LogP contribution in [0.15, 0.2) is 52.0 Å². The number of rotatable bonds is 5. The van der Waals surface area contributed by atoms with Crippen LogP contribution >= 0.6 is 24.0 Å². The minimum atomic E-state index is 0. The number of nitrogens with one attached hydrogen (secondary N) is 2. The fraction of sp³-hybridized carbons (Fsp3) is 0.294. The molecule has 6 nitrogen and oxygen atoms in total. The average Bonchev–Trinajstić information content (AvgIpc) is 3.16. The topological polar surface area (TPSA) is 67.4 Å². The van der Waals surface area contributed by atoms with Crippen molar-refractivity contribution < 1.29 is 4.42 Å². The van der Waals surface area contributed by atoms with Gasteiger partial charge in [-0.2, -0.15) is 5.10 Å². The minimum absolute atomic E-state index is 0. The quantitative estimate of drug-likeness (QED) is 0.365. The van der Waals surface area contributed by atoms with E-state index in [9.17, 15) is 0 Å². The Labute approximate surface area is 158 Å². The number of aromatic nitrogens is 2. The summed E-state index contributed by atoms with van der Waals surface area (Å²) in [6.45, 7) is 1.44. The number of fused-ring (bicyclic) bond motifs is 1. The SMILES string of the molecule is CN=C(NCCc1cc2ccccc2o1)NCc1ccnn1C.I. The van der Waals surface area contributed by atoms with E-state index in [0.29, 0.717) is 6.54 Å². The molecule has 7 heteroatoms. The number of para-hydroxylation sites is 1. The van der Waals surface area contributed by atoms with Crippen molar-refractivity contribution in [3.8, 4) is 0 Å². The molecule has 2 N–H and O–H groups in total. The van der Waals surface area contributed by atoms with E-state index in [-0.39, 0.29) is 24.0 Å². The summed E-state index contributed by atoms with van der Waals surface area (Å²) in [4.78, 5) is 4.23. The lowest BCUT2D eigenvalue weighted by Gasteiger charge is -2.11. The second-order valence-electron chi connectivity index (χ2n) is 5.30. The molecule has 0 radical (unpaired) electrons. The number of guanidine groups is 1. The zero-order valence-electron chi connectivity index (χ0n) is 13.8. The summed E-state index contributed by atoms with van der Waals surface area (Å²) in [6, 6.07) is 12.1. The predicted octanol–water partition coefficient (Wildman–Crippen LogP) is 2.69. The molecule has 3 rings (SSSR count). The number of nitrogens with zero attached hydrogens (tertiary/aromatic N) is 3. The minimum Gasteiger partial charge on any atom is -0.461 e. The molecular weight excluding hydrogens is 417 g/mol. The monoisotopic (exact) mass is 439 g/mol. The average molecular weight is 439 g/mol. The standard InChI is InChI=1S/C17H21N5O.HI/c1-18-17(20-12-14-7-10-21-22(14)2)19-9-8-15-11-13-5-3-4-6-16(13)23-15;/h3-7,10-11H,8-9,12H2,1-2H3,(H2,18,19,20);1H. The summed E-state index contributed by atoms with van der Waals surface area (Å²) in [5.41, 5.74) is 2.03. The van der Waals surface area contributed by atoms with Crippen LogP contribution in [0.2, 0.25) is 0 Å². The van der Waals surface area contributed by atoms with Crippen molar-refractivity contribution in [1.82, 2.24) is 20.4 Å². The van der Waals surface area contributed by atoms with E-state index in [0.717, 1.165) is 41.3 Å². The summed E-state index contributed by atoms with van der Waals surface area (Å²) < 4.78 is 7.65. The number of hydrogen-bond acceptors (Lipinski definition) is 3. The Balaban J connectivity index is 0.00000208. The Bertz CT molecular complexity index is 775. The van der Waals surface area contributed by atoms with Crippen molar-refractivity contribution in [1.29, 1.82) is 0 Å². The van der Waals surface area contributed by atoms with E-state index in [1.54, 1.807) is 13.2 Å². The highest BCUT2D eigenvalue weighted by Crippen LogP contribution is 2.18. The van der Waals surface area contributed by atoms with Crippen molar-refractivity contribution in [3.63, 3.8) is 0 Å². The zero-order valence-corrected chi connectivity index (χ0v) is 16.2. The third-order valence-corrected chi connectivity index (χ3v) is 3.72. The van der Waals surface area contributed by atoms with Crippen LogP contribution in [0.4, 0.5) is 0 Å². The summed E-state index contributed by atoms with van der Waals surface area (Å²) in [5.74, 6) is 1.74. The van der Waals surface area contributed by atoms with Crippen LogP contribution in [0.3, 0.4) is 0 Å². The second-order valence-corrected chi connectivity index (χ2v) is 5.30. The number of hydrogen-bond donors (Lipinski definition) is 2. The highest BCUT2D eigenvalue weighted by molar-refractivity contribution is 14.0. The van der Waals surface area contributed by atoms with Gasteiger partial charge in [-0.15, -0.1) is 24.0 Å². The summed E-state index contributed by atoms with van der Waals surface area (Å²) in [6.07, 6.45) is 2.59. The van der Waals surface area contributed by atoms with Crippen molar-refractivity contribution in [2.45, 2.75) is 13.0 Å². The summed E-state index contributed by atoms with van der Waals surface area (Å²) in [5, 5.41) is 11.9. The van der Waals surface area contributed by atoms with Gasteiger partial charge in [-0.1, -0.05) is 18.2 Å². The van der Waals surface area contributed by atoms with E-state index in [1.165, 1.54) is 0 Å². The summed E-state index contributed by atoms with van der Waals surface area (Å²) >= 11 is 0. The molecule has 0 saturated carbocycles. The van der Waals surface area contributed by atoms with Crippen molar-refractivity contribution in [2.24, 2.45) is 12.0 Å². The molecule has 0 aliphatic rings. The van der Waals surface area contributed by atoms with Gasteiger partial charge in [0.25, 0.3) is 0 Å². The van der Waals surface area contributed by atoms with Crippen LogP contribution in [-0.2, 0) is 20.0 Å². The lowest BCUT2D eigenvalue weighted by atomic mass is 10.2. The first-order valence-electron chi connectivity index (χ1n) is 7.65. The van der Waals surface area contributed by atoms with E-state index >= 15 is 0 Å². The maximum absolute atomic E-state index is 5.81. The molecule has 0 amide bonds. The second kappa shape index (κ2) is 8.72. The van der Waals surface area contributed by atoms with Gasteiger partial charge in [0.15, 0.2) is 5.96 Å². The fourth-order valence-electron chi connectivity index (χ4n) is 2.43. The number of halogens is 1. The molecule has 0 fully saturated rings. The van der Waals surface area contributed by atoms with E-state index in [2.05, 4.69) is 32.9 Å². The number of benzene rings is 1. The highest BCUT2D eigenvalue weighted by Gasteiger charge is 2.04. The van der Waals surface area contributed by atoms with Crippen molar-refractivity contribution in [2.75, 3.05) is 13.6 Å². The lowest BCUT2D eigenvalue weighted by Crippen LogP contribution is -2.38. The van der Waals surface area contributed by atoms with E-state index in [1.807, 2.05) is 36.0 Å². The van der Waals surface area contributed by atoms with Gasteiger partial charge in [0.1, 0.15) is 11.3 Å². The zero-order chi connectivity index (χ0) is 16.1. The largest absolute Gasteiger partial charge is 0.461 e. The molecule has 2 aromatic heterocycles. The molecule has 2 heterocycles. The Morgan fingerprint density at radius 1 is 1.25 bits per heavy atom. The highest BCUT2D eigenvalue weighted by atomic mass is 127. The van der Waals surface area contributed by atoms with Crippen LogP contribution in [0.5, 0.6) is 0 Å². The predicted molar refractivity (Wildman–Crippen MR) is 107 cm³/mol. The van der Waals surface area contributed by atoms with Gasteiger partial charge in [-0.05, 0) is 18.2 Å². The first-order chi connectivity index (χ1) is 11.3. The van der Waals surface area contributed by atoms with Crippen LogP contribution < -0.4 is 10.6 Å². The molecule has 0 bridgehead atoms. The third kappa shape index (κ3) is 4.50. The molecule has 0 aliphatic carbocycles. The molecule has 0 spiro atoms. The van der Waals surface area contributed by atoms with Crippen LogP contribution in [0.1, 0.15) is 11.5 Å². The third-order valence-electron chi connectivity index (χ3n) is 3.72. The van der Waals surface area contributed by atoms with Crippen molar-refractivity contribution in [3.05, 3.63) is 54.0 Å². The van der Waals surface area contributed by atoms with Gasteiger partial charge in [0.2, 0.25) is 0 Å². The van der Waals surface area contributed by atoms with Gasteiger partial charge in [0.05, 0.1) is 12.2 Å². The van der Waals surface area contributed by atoms with Gasteiger partial charge >= 0.3 is 0 Å². The Morgan fingerprint density at radius 2 is 2.08 bits per heavy atom. The first-order valence-corrected chi connectivity index (χ1v) is 7.65. The Kier molecular flexibility index (Phi) is 6.65. The molecule has 3 aromatic rings. The van der Waals surface area contributed by atoms with Crippen LogP contribution in [0, 0.1) is 0 Å². The molecule has 0 atom stereocenters. The maximum Gasteiger partial charge on any atom is 0.191 e. The Hall–Kier alpha value is -2.03. The molecule has 1 aromatic carbocycles. The number of aryl methyl sites for hydroxylation is 1. The van der Waals surface area contributed by atoms with Gasteiger partial charge in [0, 0.05) is 38.6 Å². The van der Waals surface area contributed by atoms with Crippen molar-refractivity contribution >= 4 is 40.9 Å². The fourth-order valence-corrected chi connectivity index (χ4v) is 2.43. The molecule has 0 aliphatic heterocycles. The molecule has 24 heavy (non-hydrogen) atoms. The van der Waals surface area contributed by atoms with Crippen LogP contribution in [-0.4, -0.2) is 29.3 Å². The smallest absolute Gasteiger partial charge is 0.191 e. The van der Waals surface area contributed by atoms with E-state index in [4.69, 9.17) is 4.42 Å². The molecule has 0 unspecified atom stereocenters. The van der Waals surface area contributed by atoms with Gasteiger partial charge < -0.3 is 15.1 Å². The lowest BCUT2D eigenvalue weighted by molar-refractivity contribution is 0.544.